The number of rotatable bonds is 3. The highest BCUT2D eigenvalue weighted by atomic mass is 79.9. The van der Waals surface area contributed by atoms with E-state index >= 15 is 0 Å². The summed E-state index contributed by atoms with van der Waals surface area (Å²) in [6, 6.07) is 4.97. The first kappa shape index (κ1) is 15.4. The molecule has 0 aliphatic heterocycles. The number of aryl methyl sites for hydroxylation is 1. The summed E-state index contributed by atoms with van der Waals surface area (Å²) in [5.74, 6) is -4.82. The maximum Gasteiger partial charge on any atom is 0.337 e. The van der Waals surface area contributed by atoms with Crippen molar-refractivity contribution in [1.29, 1.82) is 0 Å². The minimum Gasteiger partial charge on any atom is -0.478 e. The molecule has 0 unspecified atom stereocenters. The zero-order valence-corrected chi connectivity index (χ0v) is 12.3. The fourth-order valence-corrected chi connectivity index (χ4v) is 2.15. The van der Waals surface area contributed by atoms with Crippen LogP contribution in [0.25, 0.3) is 0 Å². The van der Waals surface area contributed by atoms with Gasteiger partial charge in [0.15, 0.2) is 11.6 Å². The lowest BCUT2D eigenvalue weighted by Crippen LogP contribution is -2.08. The Kier molecular flexibility index (Phi) is 4.22. The van der Waals surface area contributed by atoms with Gasteiger partial charge in [-0.3, -0.25) is 0 Å². The third-order valence-electron chi connectivity index (χ3n) is 2.78. The predicted molar refractivity (Wildman–Crippen MR) is 75.4 cm³/mol. The van der Waals surface area contributed by atoms with E-state index in [0.717, 1.165) is 6.07 Å². The van der Waals surface area contributed by atoms with Crippen LogP contribution in [0.3, 0.4) is 0 Å². The number of carbonyl (C=O) groups is 1. The largest absolute Gasteiger partial charge is 0.478 e. The van der Waals surface area contributed by atoms with Crippen molar-refractivity contribution in [1.82, 2.24) is 0 Å². The van der Waals surface area contributed by atoms with Crippen molar-refractivity contribution in [3.63, 3.8) is 0 Å². The number of carboxylic acid groups (broad SMARTS) is 1. The van der Waals surface area contributed by atoms with Gasteiger partial charge >= 0.3 is 5.97 Å². The third kappa shape index (κ3) is 3.02. The second-order valence-corrected chi connectivity index (χ2v) is 5.18. The van der Waals surface area contributed by atoms with Crippen LogP contribution >= 0.6 is 15.9 Å². The molecule has 0 aliphatic carbocycles. The summed E-state index contributed by atoms with van der Waals surface area (Å²) in [5, 5.41) is 11.3. The molecule has 0 fully saturated rings. The lowest BCUT2D eigenvalue weighted by molar-refractivity contribution is 0.0697. The number of nitrogens with one attached hydrogen (secondary N) is 1. The summed E-state index contributed by atoms with van der Waals surface area (Å²) >= 11 is 2.73. The van der Waals surface area contributed by atoms with Gasteiger partial charge in [0.1, 0.15) is 5.82 Å². The molecule has 3 nitrogen and oxygen atoms in total. The molecule has 7 heteroatoms. The van der Waals surface area contributed by atoms with Gasteiger partial charge in [-0.2, -0.15) is 0 Å². The van der Waals surface area contributed by atoms with E-state index in [9.17, 15) is 18.0 Å². The van der Waals surface area contributed by atoms with E-state index < -0.39 is 34.7 Å². The summed E-state index contributed by atoms with van der Waals surface area (Å²) in [5.41, 5.74) is -0.658. The van der Waals surface area contributed by atoms with Gasteiger partial charge in [-0.1, -0.05) is 6.07 Å². The number of carboxylic acids is 1. The molecule has 0 saturated carbocycles. The molecule has 2 aromatic rings. The average molecular weight is 360 g/mol. The number of benzene rings is 2. The highest BCUT2D eigenvalue weighted by Gasteiger charge is 2.22. The fourth-order valence-electron chi connectivity index (χ4n) is 1.74. The number of hydrogen-bond acceptors (Lipinski definition) is 2. The average Bonchev–Trinajstić information content (AvgIpc) is 2.41. The van der Waals surface area contributed by atoms with Crippen LogP contribution in [0.15, 0.2) is 28.7 Å². The van der Waals surface area contributed by atoms with Crippen LogP contribution in [0.4, 0.5) is 24.5 Å². The van der Waals surface area contributed by atoms with E-state index in [2.05, 4.69) is 21.2 Å². The van der Waals surface area contributed by atoms with E-state index in [1.165, 1.54) is 12.1 Å². The van der Waals surface area contributed by atoms with Gasteiger partial charge in [0.2, 0.25) is 0 Å². The Balaban J connectivity index is 2.57. The lowest BCUT2D eigenvalue weighted by Gasteiger charge is -2.13. The number of halogens is 4. The minimum absolute atomic E-state index is 0.149. The Morgan fingerprint density at radius 2 is 1.86 bits per heavy atom. The van der Waals surface area contributed by atoms with Gasteiger partial charge in [-0.25, -0.2) is 18.0 Å². The molecule has 0 bridgehead atoms. The zero-order valence-electron chi connectivity index (χ0n) is 10.7. The Labute approximate surface area is 126 Å². The molecular formula is C14H9BrF3NO2. The summed E-state index contributed by atoms with van der Waals surface area (Å²) in [4.78, 5) is 11.1. The Morgan fingerprint density at radius 1 is 1.19 bits per heavy atom. The highest BCUT2D eigenvalue weighted by molar-refractivity contribution is 9.10. The number of aromatic carboxylic acids is 1. The van der Waals surface area contributed by atoms with Gasteiger partial charge in [-0.15, -0.1) is 0 Å². The van der Waals surface area contributed by atoms with Crippen molar-refractivity contribution in [2.24, 2.45) is 0 Å². The summed E-state index contributed by atoms with van der Waals surface area (Å²) in [6.45, 7) is 1.66. The van der Waals surface area contributed by atoms with Gasteiger partial charge in [0.05, 0.1) is 21.4 Å². The first-order chi connectivity index (χ1) is 9.81. The molecule has 2 N–H and O–H groups in total. The maximum absolute atomic E-state index is 13.9. The van der Waals surface area contributed by atoms with Crippen LogP contribution in [-0.4, -0.2) is 11.1 Å². The maximum atomic E-state index is 13.9. The van der Waals surface area contributed by atoms with Crippen LogP contribution in [0.2, 0.25) is 0 Å². The predicted octanol–water partition coefficient (Wildman–Crippen LogP) is 4.62. The van der Waals surface area contributed by atoms with E-state index in [-0.39, 0.29) is 10.2 Å². The second kappa shape index (κ2) is 5.77. The van der Waals surface area contributed by atoms with Crippen molar-refractivity contribution in [2.75, 3.05) is 5.32 Å². The molecule has 0 aromatic heterocycles. The summed E-state index contributed by atoms with van der Waals surface area (Å²) < 4.78 is 40.9. The summed E-state index contributed by atoms with van der Waals surface area (Å²) in [6.07, 6.45) is 0. The van der Waals surface area contributed by atoms with E-state index in [0.29, 0.717) is 5.56 Å². The van der Waals surface area contributed by atoms with Gasteiger partial charge < -0.3 is 10.4 Å². The molecular weight excluding hydrogens is 351 g/mol. The van der Waals surface area contributed by atoms with Crippen molar-refractivity contribution in [3.8, 4) is 0 Å². The molecule has 0 heterocycles. The van der Waals surface area contributed by atoms with E-state index in [1.807, 2.05) is 0 Å². The molecule has 110 valence electrons. The Morgan fingerprint density at radius 3 is 2.43 bits per heavy atom. The monoisotopic (exact) mass is 359 g/mol. The summed E-state index contributed by atoms with van der Waals surface area (Å²) in [7, 11) is 0. The van der Waals surface area contributed by atoms with E-state index in [4.69, 9.17) is 5.11 Å². The van der Waals surface area contributed by atoms with Crippen LogP contribution in [0, 0.1) is 24.4 Å². The second-order valence-electron chi connectivity index (χ2n) is 4.32. The topological polar surface area (TPSA) is 49.3 Å². The van der Waals surface area contributed by atoms with Crippen molar-refractivity contribution in [2.45, 2.75) is 6.92 Å². The molecule has 0 atom stereocenters. The normalized spacial score (nSPS) is 10.5. The Bertz CT molecular complexity index is 735. The lowest BCUT2D eigenvalue weighted by atomic mass is 10.1. The molecule has 21 heavy (non-hydrogen) atoms. The fraction of sp³-hybridized carbons (Fsp3) is 0.0714. The van der Waals surface area contributed by atoms with Gasteiger partial charge in [0, 0.05) is 0 Å². The number of anilines is 2. The van der Waals surface area contributed by atoms with Crippen LogP contribution in [0.1, 0.15) is 15.9 Å². The van der Waals surface area contributed by atoms with Gasteiger partial charge in [0.25, 0.3) is 0 Å². The number of hydrogen-bond donors (Lipinski definition) is 2. The standard InChI is InChI=1S/C14H9BrF3NO2/c1-6-2-3-10(9(16)4-6)19-13-7(14(20)21)5-8(15)11(17)12(13)18/h2-5,19H,1H3,(H,20,21). The first-order valence-electron chi connectivity index (χ1n) is 5.75. The Hall–Kier alpha value is -2.02. The minimum atomic E-state index is -1.47. The molecule has 2 rings (SSSR count). The molecule has 0 spiro atoms. The highest BCUT2D eigenvalue weighted by Crippen LogP contribution is 2.32. The smallest absolute Gasteiger partial charge is 0.337 e. The van der Waals surface area contributed by atoms with Crippen molar-refractivity contribution in [3.05, 3.63) is 57.3 Å². The first-order valence-corrected chi connectivity index (χ1v) is 6.54. The SMILES string of the molecule is Cc1ccc(Nc2c(C(=O)O)cc(Br)c(F)c2F)c(F)c1. The van der Waals surface area contributed by atoms with Crippen LogP contribution in [0.5, 0.6) is 0 Å². The third-order valence-corrected chi connectivity index (χ3v) is 3.35. The molecule has 0 amide bonds. The molecule has 0 aliphatic rings. The zero-order chi connectivity index (χ0) is 15.7. The van der Waals surface area contributed by atoms with Crippen LogP contribution < -0.4 is 5.32 Å². The van der Waals surface area contributed by atoms with Crippen molar-refractivity contribution >= 4 is 33.3 Å². The molecule has 0 radical (unpaired) electrons. The van der Waals surface area contributed by atoms with E-state index in [1.54, 1.807) is 13.0 Å². The molecule has 2 aromatic carbocycles. The quantitative estimate of drug-likeness (QED) is 0.786. The molecule has 0 saturated heterocycles. The van der Waals surface area contributed by atoms with Gasteiger partial charge in [-0.05, 0) is 46.6 Å². The van der Waals surface area contributed by atoms with Crippen molar-refractivity contribution < 1.29 is 23.1 Å². The van der Waals surface area contributed by atoms with Crippen LogP contribution in [-0.2, 0) is 0 Å².